The van der Waals surface area contributed by atoms with Gasteiger partial charge in [0.1, 0.15) is 0 Å². The van der Waals surface area contributed by atoms with Gasteiger partial charge in [0.05, 0.1) is 11.2 Å². The molecule has 0 radical (unpaired) electrons. The van der Waals surface area contributed by atoms with Crippen LogP contribution in [-0.2, 0) is 22.3 Å². The maximum atomic E-state index is 12.5. The van der Waals surface area contributed by atoms with E-state index in [-0.39, 0.29) is 17.0 Å². The van der Waals surface area contributed by atoms with E-state index in [1.54, 1.807) is 0 Å². The molecule has 1 saturated heterocycles. The van der Waals surface area contributed by atoms with E-state index in [0.717, 1.165) is 43.6 Å². The first-order valence-corrected chi connectivity index (χ1v) is 13.4. The number of carbonyl (C=O) groups excluding carboxylic acids is 1. The normalized spacial score (nSPS) is 18.4. The molecule has 3 aromatic rings. The molecule has 0 bridgehead atoms. The molecule has 0 spiro atoms. The number of ketones is 1. The molecular formula is C29H41BN2O3. The smallest absolute Gasteiger partial charge is 0.399 e. The summed E-state index contributed by atoms with van der Waals surface area (Å²) in [5.74, 6) is 0.262. The van der Waals surface area contributed by atoms with Crippen molar-refractivity contribution in [1.29, 1.82) is 0 Å². The largest absolute Gasteiger partial charge is 0.494 e. The number of Topliss-reactive ketones (excluding diaryl/α,β-unsaturated/α-hetero) is 1. The molecule has 6 heteroatoms. The van der Waals surface area contributed by atoms with Crippen molar-refractivity contribution < 1.29 is 14.1 Å². The molecule has 2 heterocycles. The number of hydrogen-bond donors (Lipinski definition) is 0. The standard InChI is InChI=1S/C27H35BN2O3.C2H6/c1-7-29(8-2)15-16-30-22-12-9-18(28-32-26(3,4)27(5,6)33-28)17-21(22)25-20-11-14-24(31)19(20)10-13-23(25)30;1-2/h9-10,12-13,17H,7-8,11,14-16H2,1-6H3;1-2H3. The van der Waals surface area contributed by atoms with Crippen LogP contribution in [0.2, 0.25) is 0 Å². The SMILES string of the molecule is CC.CCN(CC)CCn1c2ccc(B3OC(C)(C)C(C)(C)O3)cc2c2c3c(ccc21)C(=O)CC3. The summed E-state index contributed by atoms with van der Waals surface area (Å²) >= 11 is 0. The van der Waals surface area contributed by atoms with Gasteiger partial charge < -0.3 is 18.8 Å². The Balaban J connectivity index is 0.00000141. The highest BCUT2D eigenvalue weighted by Crippen LogP contribution is 2.39. The van der Waals surface area contributed by atoms with Crippen LogP contribution in [-0.4, -0.2) is 53.2 Å². The van der Waals surface area contributed by atoms with Gasteiger partial charge >= 0.3 is 7.12 Å². The second-order valence-corrected chi connectivity index (χ2v) is 10.5. The number of carbonyl (C=O) groups is 1. The summed E-state index contributed by atoms with van der Waals surface area (Å²) in [6.07, 6.45) is 1.43. The number of likely N-dealkylation sites (N-methyl/N-ethyl adjacent to an activating group) is 1. The monoisotopic (exact) mass is 476 g/mol. The Labute approximate surface area is 210 Å². The van der Waals surface area contributed by atoms with Crippen molar-refractivity contribution in [3.63, 3.8) is 0 Å². The highest BCUT2D eigenvalue weighted by Gasteiger charge is 2.51. The number of aryl methyl sites for hydroxylation is 1. The van der Waals surface area contributed by atoms with Gasteiger partial charge in [-0.3, -0.25) is 4.79 Å². The third-order valence-corrected chi connectivity index (χ3v) is 8.12. The lowest BCUT2D eigenvalue weighted by Gasteiger charge is -2.32. The highest BCUT2D eigenvalue weighted by atomic mass is 16.7. The van der Waals surface area contributed by atoms with E-state index in [1.807, 2.05) is 19.9 Å². The van der Waals surface area contributed by atoms with Crippen molar-refractivity contribution in [3.05, 3.63) is 41.5 Å². The fraction of sp³-hybridized carbons (Fsp3) is 0.552. The quantitative estimate of drug-likeness (QED) is 0.435. The van der Waals surface area contributed by atoms with Crippen LogP contribution in [0.1, 0.15) is 77.7 Å². The molecule has 0 N–H and O–H groups in total. The topological polar surface area (TPSA) is 43.7 Å². The zero-order valence-electron chi connectivity index (χ0n) is 22.8. The lowest BCUT2D eigenvalue weighted by molar-refractivity contribution is 0.00578. The summed E-state index contributed by atoms with van der Waals surface area (Å²) in [6, 6.07) is 10.8. The first-order chi connectivity index (χ1) is 16.7. The van der Waals surface area contributed by atoms with Crippen LogP contribution in [0.25, 0.3) is 21.8 Å². The van der Waals surface area contributed by atoms with Gasteiger partial charge in [-0.2, -0.15) is 0 Å². The third kappa shape index (κ3) is 4.34. The summed E-state index contributed by atoms with van der Waals surface area (Å²) in [5.41, 5.74) is 4.81. The second kappa shape index (κ2) is 9.72. The second-order valence-electron chi connectivity index (χ2n) is 10.5. The average Bonchev–Trinajstić information content (AvgIpc) is 3.44. The number of fused-ring (bicyclic) bond motifs is 5. The van der Waals surface area contributed by atoms with Crippen LogP contribution in [0, 0.1) is 0 Å². The Morgan fingerprint density at radius 3 is 2.20 bits per heavy atom. The molecule has 2 aromatic carbocycles. The maximum absolute atomic E-state index is 12.5. The Bertz CT molecular complexity index is 1220. The number of benzene rings is 2. The lowest BCUT2D eigenvalue weighted by atomic mass is 9.78. The Morgan fingerprint density at radius 2 is 1.57 bits per heavy atom. The van der Waals surface area contributed by atoms with Gasteiger partial charge in [-0.1, -0.05) is 39.8 Å². The van der Waals surface area contributed by atoms with Crippen LogP contribution in [0.5, 0.6) is 0 Å². The van der Waals surface area contributed by atoms with Crippen molar-refractivity contribution in [1.82, 2.24) is 9.47 Å². The Hall–Kier alpha value is -2.15. The predicted molar refractivity (Wildman–Crippen MR) is 147 cm³/mol. The average molecular weight is 476 g/mol. The van der Waals surface area contributed by atoms with Crippen molar-refractivity contribution in [2.24, 2.45) is 0 Å². The van der Waals surface area contributed by atoms with E-state index >= 15 is 0 Å². The van der Waals surface area contributed by atoms with Gasteiger partial charge in [-0.25, -0.2) is 0 Å². The molecule has 1 aliphatic carbocycles. The zero-order valence-corrected chi connectivity index (χ0v) is 22.8. The molecule has 188 valence electrons. The first-order valence-electron chi connectivity index (χ1n) is 13.4. The molecule has 0 atom stereocenters. The molecule has 0 amide bonds. The fourth-order valence-corrected chi connectivity index (χ4v) is 5.32. The summed E-state index contributed by atoms with van der Waals surface area (Å²) in [6.45, 7) is 20.8. The minimum Gasteiger partial charge on any atom is -0.399 e. The Morgan fingerprint density at radius 1 is 0.943 bits per heavy atom. The highest BCUT2D eigenvalue weighted by molar-refractivity contribution is 6.62. The number of hydrogen-bond acceptors (Lipinski definition) is 4. The number of nitrogens with zero attached hydrogens (tertiary/aromatic N) is 2. The minimum absolute atomic E-state index is 0.262. The summed E-state index contributed by atoms with van der Waals surface area (Å²) in [4.78, 5) is 15.0. The molecule has 5 nitrogen and oxygen atoms in total. The van der Waals surface area contributed by atoms with E-state index in [1.165, 1.54) is 27.4 Å². The van der Waals surface area contributed by atoms with E-state index in [2.05, 4.69) is 75.3 Å². The molecular weight excluding hydrogens is 435 g/mol. The van der Waals surface area contributed by atoms with E-state index in [0.29, 0.717) is 6.42 Å². The van der Waals surface area contributed by atoms with Gasteiger partial charge in [-0.15, -0.1) is 0 Å². The summed E-state index contributed by atoms with van der Waals surface area (Å²) in [5, 5.41) is 2.43. The number of rotatable bonds is 6. The van der Waals surface area contributed by atoms with Crippen LogP contribution < -0.4 is 5.46 Å². The lowest BCUT2D eigenvalue weighted by Crippen LogP contribution is -2.41. The summed E-state index contributed by atoms with van der Waals surface area (Å²) < 4.78 is 15.1. The van der Waals surface area contributed by atoms with Gasteiger partial charge in [0.15, 0.2) is 5.78 Å². The number of aromatic nitrogens is 1. The van der Waals surface area contributed by atoms with Crippen LogP contribution >= 0.6 is 0 Å². The third-order valence-electron chi connectivity index (χ3n) is 8.12. The van der Waals surface area contributed by atoms with E-state index < -0.39 is 7.12 Å². The van der Waals surface area contributed by atoms with E-state index in [9.17, 15) is 4.79 Å². The van der Waals surface area contributed by atoms with E-state index in [4.69, 9.17) is 9.31 Å². The molecule has 5 rings (SSSR count). The van der Waals surface area contributed by atoms with Crippen molar-refractivity contribution in [3.8, 4) is 0 Å². The van der Waals surface area contributed by atoms with Gasteiger partial charge in [0.2, 0.25) is 0 Å². The van der Waals surface area contributed by atoms with Gasteiger partial charge in [0, 0.05) is 46.9 Å². The molecule has 1 aliphatic heterocycles. The summed E-state index contributed by atoms with van der Waals surface area (Å²) in [7, 11) is -0.396. The van der Waals surface area contributed by atoms with Crippen LogP contribution in [0.15, 0.2) is 30.3 Å². The molecule has 35 heavy (non-hydrogen) atoms. The Kier molecular flexibility index (Phi) is 7.20. The van der Waals surface area contributed by atoms with Crippen molar-refractivity contribution in [2.45, 2.75) is 86.0 Å². The molecule has 2 aliphatic rings. The minimum atomic E-state index is -0.396. The maximum Gasteiger partial charge on any atom is 0.494 e. The molecule has 1 fully saturated rings. The first kappa shape index (κ1) is 25.9. The fourth-order valence-electron chi connectivity index (χ4n) is 5.32. The zero-order chi connectivity index (χ0) is 25.5. The van der Waals surface area contributed by atoms with Gasteiger partial charge in [0.25, 0.3) is 0 Å². The van der Waals surface area contributed by atoms with Crippen LogP contribution in [0.3, 0.4) is 0 Å². The predicted octanol–water partition coefficient (Wildman–Crippen LogP) is 5.59. The van der Waals surface area contributed by atoms with Gasteiger partial charge in [-0.05, 0) is 76.4 Å². The van der Waals surface area contributed by atoms with Crippen molar-refractivity contribution >= 4 is 40.2 Å². The van der Waals surface area contributed by atoms with Crippen molar-refractivity contribution in [2.75, 3.05) is 19.6 Å². The molecule has 0 unspecified atom stereocenters. The molecule has 0 saturated carbocycles. The molecule has 1 aromatic heterocycles. The van der Waals surface area contributed by atoms with Crippen LogP contribution in [0.4, 0.5) is 0 Å².